The van der Waals surface area contributed by atoms with Crippen LogP contribution < -0.4 is 10.6 Å². The van der Waals surface area contributed by atoms with Gasteiger partial charge in [0.05, 0.1) is 0 Å². The number of urea groups is 1. The number of amides is 2. The van der Waals surface area contributed by atoms with Gasteiger partial charge in [0.25, 0.3) is 0 Å². The van der Waals surface area contributed by atoms with Gasteiger partial charge in [-0.15, -0.1) is 0 Å². The molecule has 0 rings (SSSR count). The second-order valence-corrected chi connectivity index (χ2v) is 4.63. The summed E-state index contributed by atoms with van der Waals surface area (Å²) in [7, 11) is 0. The van der Waals surface area contributed by atoms with E-state index in [1.807, 2.05) is 13.8 Å². The van der Waals surface area contributed by atoms with Gasteiger partial charge in [0.1, 0.15) is 6.04 Å². The summed E-state index contributed by atoms with van der Waals surface area (Å²) in [4.78, 5) is 24.9. The lowest BCUT2D eigenvalue weighted by Gasteiger charge is -2.21. The van der Waals surface area contributed by atoms with Crippen molar-refractivity contribution in [2.45, 2.75) is 40.2 Å². The first-order valence-corrected chi connectivity index (χ1v) is 6.95. The van der Waals surface area contributed by atoms with E-state index in [0.717, 1.165) is 19.6 Å². The molecule has 0 saturated carbocycles. The summed E-state index contributed by atoms with van der Waals surface area (Å²) in [5, 5.41) is 14.3. The average Bonchev–Trinajstić information content (AvgIpc) is 2.39. The van der Waals surface area contributed by atoms with Crippen molar-refractivity contribution in [3.05, 3.63) is 0 Å². The second-order valence-electron chi connectivity index (χ2n) is 4.63. The SMILES string of the molecule is CCC(C)[C@H](NC(=O)NCCN(CC)CC)C(=O)O. The van der Waals surface area contributed by atoms with Gasteiger partial charge in [-0.2, -0.15) is 0 Å². The predicted octanol–water partition coefficient (Wildman–Crippen LogP) is 1.13. The summed E-state index contributed by atoms with van der Waals surface area (Å²) in [6.07, 6.45) is 0.705. The Morgan fingerprint density at radius 3 is 2.21 bits per heavy atom. The van der Waals surface area contributed by atoms with Gasteiger partial charge < -0.3 is 20.6 Å². The first-order chi connectivity index (χ1) is 8.96. The van der Waals surface area contributed by atoms with Crippen LogP contribution in [0.5, 0.6) is 0 Å². The van der Waals surface area contributed by atoms with E-state index in [1.54, 1.807) is 0 Å². The van der Waals surface area contributed by atoms with Gasteiger partial charge in [-0.25, -0.2) is 9.59 Å². The van der Waals surface area contributed by atoms with Crippen LogP contribution in [0.2, 0.25) is 0 Å². The molecule has 0 radical (unpaired) electrons. The van der Waals surface area contributed by atoms with Gasteiger partial charge in [0.2, 0.25) is 0 Å². The molecule has 2 amide bonds. The quantitative estimate of drug-likeness (QED) is 0.588. The topological polar surface area (TPSA) is 81.7 Å². The van der Waals surface area contributed by atoms with Crippen LogP contribution in [0.1, 0.15) is 34.1 Å². The van der Waals surface area contributed by atoms with E-state index < -0.39 is 18.0 Å². The number of rotatable bonds is 9. The Labute approximate surface area is 115 Å². The van der Waals surface area contributed by atoms with Crippen LogP contribution in [0.15, 0.2) is 0 Å². The zero-order valence-corrected chi connectivity index (χ0v) is 12.4. The Morgan fingerprint density at radius 1 is 1.21 bits per heavy atom. The summed E-state index contributed by atoms with van der Waals surface area (Å²) in [5.41, 5.74) is 0. The standard InChI is InChI=1S/C13H27N3O3/c1-5-10(4)11(12(17)18)15-13(19)14-8-9-16(6-2)7-3/h10-11H,5-9H2,1-4H3,(H,17,18)(H2,14,15,19)/t10?,11-/m0/s1. The van der Waals surface area contributed by atoms with Crippen LogP contribution in [-0.2, 0) is 4.79 Å². The molecule has 112 valence electrons. The monoisotopic (exact) mass is 273 g/mol. The van der Waals surface area contributed by atoms with Crippen LogP contribution in [0.25, 0.3) is 0 Å². The van der Waals surface area contributed by atoms with Crippen LogP contribution in [0.3, 0.4) is 0 Å². The largest absolute Gasteiger partial charge is 0.480 e. The van der Waals surface area contributed by atoms with E-state index in [9.17, 15) is 9.59 Å². The molecule has 6 heteroatoms. The highest BCUT2D eigenvalue weighted by molar-refractivity contribution is 5.82. The molecule has 0 aliphatic rings. The molecule has 6 nitrogen and oxygen atoms in total. The van der Waals surface area contributed by atoms with E-state index in [-0.39, 0.29) is 5.92 Å². The second kappa shape index (κ2) is 9.61. The lowest BCUT2D eigenvalue weighted by Crippen LogP contribution is -2.50. The maximum atomic E-state index is 11.6. The zero-order valence-electron chi connectivity index (χ0n) is 12.4. The Morgan fingerprint density at radius 2 is 1.79 bits per heavy atom. The third-order valence-electron chi connectivity index (χ3n) is 3.37. The van der Waals surface area contributed by atoms with Crippen molar-refractivity contribution in [2.24, 2.45) is 5.92 Å². The first kappa shape index (κ1) is 17.7. The molecule has 0 saturated heterocycles. The van der Waals surface area contributed by atoms with Crippen LogP contribution in [-0.4, -0.2) is 54.2 Å². The van der Waals surface area contributed by atoms with E-state index >= 15 is 0 Å². The summed E-state index contributed by atoms with van der Waals surface area (Å²) in [6, 6.07) is -1.25. The van der Waals surface area contributed by atoms with E-state index in [1.165, 1.54) is 0 Å². The highest BCUT2D eigenvalue weighted by atomic mass is 16.4. The number of aliphatic carboxylic acids is 1. The van der Waals surface area contributed by atoms with Gasteiger partial charge in [-0.3, -0.25) is 0 Å². The van der Waals surface area contributed by atoms with Gasteiger partial charge in [-0.05, 0) is 19.0 Å². The van der Waals surface area contributed by atoms with Crippen molar-refractivity contribution < 1.29 is 14.7 Å². The van der Waals surface area contributed by atoms with Crippen LogP contribution >= 0.6 is 0 Å². The molecule has 3 N–H and O–H groups in total. The molecule has 0 aromatic heterocycles. The van der Waals surface area contributed by atoms with Crippen molar-refractivity contribution in [3.8, 4) is 0 Å². The van der Waals surface area contributed by atoms with Crippen molar-refractivity contribution in [1.82, 2.24) is 15.5 Å². The minimum atomic E-state index is -0.992. The minimum Gasteiger partial charge on any atom is -0.480 e. The highest BCUT2D eigenvalue weighted by Gasteiger charge is 2.24. The molecular formula is C13H27N3O3. The molecule has 0 aliphatic heterocycles. The first-order valence-electron chi connectivity index (χ1n) is 6.95. The zero-order chi connectivity index (χ0) is 14.8. The Bertz CT molecular complexity index is 280. The number of nitrogens with one attached hydrogen (secondary N) is 2. The fourth-order valence-electron chi connectivity index (χ4n) is 1.74. The van der Waals surface area contributed by atoms with Gasteiger partial charge in [0.15, 0.2) is 0 Å². The van der Waals surface area contributed by atoms with Gasteiger partial charge in [0, 0.05) is 13.1 Å². The number of carbonyl (C=O) groups is 2. The summed E-state index contributed by atoms with van der Waals surface area (Å²) >= 11 is 0. The van der Waals surface area contributed by atoms with Gasteiger partial charge in [-0.1, -0.05) is 34.1 Å². The number of carbonyl (C=O) groups excluding carboxylic acids is 1. The predicted molar refractivity (Wildman–Crippen MR) is 75.2 cm³/mol. The number of hydrogen-bond donors (Lipinski definition) is 3. The van der Waals surface area contributed by atoms with E-state index in [4.69, 9.17) is 5.11 Å². The van der Waals surface area contributed by atoms with E-state index in [0.29, 0.717) is 13.0 Å². The molecule has 0 bridgehead atoms. The van der Waals surface area contributed by atoms with Crippen molar-refractivity contribution in [1.29, 1.82) is 0 Å². The molecule has 0 spiro atoms. The number of likely N-dealkylation sites (N-methyl/N-ethyl adjacent to an activating group) is 1. The van der Waals surface area contributed by atoms with Crippen molar-refractivity contribution >= 4 is 12.0 Å². The smallest absolute Gasteiger partial charge is 0.326 e. The number of carboxylic acid groups (broad SMARTS) is 1. The molecule has 1 unspecified atom stereocenters. The third kappa shape index (κ3) is 7.00. The van der Waals surface area contributed by atoms with Crippen molar-refractivity contribution in [3.63, 3.8) is 0 Å². The lowest BCUT2D eigenvalue weighted by atomic mass is 9.99. The van der Waals surface area contributed by atoms with Gasteiger partial charge >= 0.3 is 12.0 Å². The molecular weight excluding hydrogens is 246 g/mol. The van der Waals surface area contributed by atoms with E-state index in [2.05, 4.69) is 29.4 Å². The van der Waals surface area contributed by atoms with Crippen LogP contribution in [0.4, 0.5) is 4.79 Å². The molecule has 0 aromatic rings. The Hall–Kier alpha value is -1.30. The average molecular weight is 273 g/mol. The molecule has 0 fully saturated rings. The minimum absolute atomic E-state index is 0.0916. The maximum Gasteiger partial charge on any atom is 0.326 e. The molecule has 0 aliphatic carbocycles. The summed E-state index contributed by atoms with van der Waals surface area (Å²) < 4.78 is 0. The highest BCUT2D eigenvalue weighted by Crippen LogP contribution is 2.07. The summed E-state index contributed by atoms with van der Waals surface area (Å²) in [6.45, 7) is 11.0. The van der Waals surface area contributed by atoms with Crippen LogP contribution in [0, 0.1) is 5.92 Å². The maximum absolute atomic E-state index is 11.6. The molecule has 0 heterocycles. The number of carboxylic acids is 1. The molecule has 19 heavy (non-hydrogen) atoms. The fraction of sp³-hybridized carbons (Fsp3) is 0.846. The fourth-order valence-corrected chi connectivity index (χ4v) is 1.74. The normalized spacial score (nSPS) is 13.9. The summed E-state index contributed by atoms with van der Waals surface area (Å²) in [5.74, 6) is -1.08. The molecule has 0 aromatic carbocycles. The Balaban J connectivity index is 4.10. The number of nitrogens with zero attached hydrogens (tertiary/aromatic N) is 1. The molecule has 2 atom stereocenters. The third-order valence-corrected chi connectivity index (χ3v) is 3.37. The lowest BCUT2D eigenvalue weighted by molar-refractivity contribution is -0.140. The van der Waals surface area contributed by atoms with Crippen molar-refractivity contribution in [2.75, 3.05) is 26.2 Å². The Kier molecular flexibility index (Phi) is 8.95. The number of hydrogen-bond acceptors (Lipinski definition) is 3.